The van der Waals surface area contributed by atoms with Crippen molar-refractivity contribution in [2.45, 2.75) is 13.0 Å². The normalized spacial score (nSPS) is 11.6. The number of nitrogens with one attached hydrogen (secondary N) is 2. The number of nitrogens with zero attached hydrogens (tertiary/aromatic N) is 1. The van der Waals surface area contributed by atoms with E-state index < -0.39 is 0 Å². The summed E-state index contributed by atoms with van der Waals surface area (Å²) >= 11 is 5.92. The van der Waals surface area contributed by atoms with E-state index in [0.29, 0.717) is 16.3 Å². The van der Waals surface area contributed by atoms with E-state index in [9.17, 15) is 4.79 Å². The number of pyridine rings is 1. The van der Waals surface area contributed by atoms with Crippen LogP contribution in [-0.2, 0) is 0 Å². The fourth-order valence-corrected chi connectivity index (χ4v) is 2.62. The smallest absolute Gasteiger partial charge is 0.257 e. The van der Waals surface area contributed by atoms with Gasteiger partial charge in [0.1, 0.15) is 5.82 Å². The molecule has 126 valence electrons. The lowest BCUT2D eigenvalue weighted by Gasteiger charge is -2.15. The third-order valence-corrected chi connectivity index (χ3v) is 4.01. The fraction of sp³-hybridized carbons (Fsp3) is 0.100. The van der Waals surface area contributed by atoms with Crippen LogP contribution >= 0.6 is 11.6 Å². The van der Waals surface area contributed by atoms with Crippen molar-refractivity contribution in [1.29, 1.82) is 0 Å². The predicted octanol–water partition coefficient (Wildman–Crippen LogP) is 5.16. The first-order valence-electron chi connectivity index (χ1n) is 7.96. The maximum absolute atomic E-state index is 12.3. The van der Waals surface area contributed by atoms with Crippen molar-refractivity contribution in [3.05, 3.63) is 89.1 Å². The zero-order valence-electron chi connectivity index (χ0n) is 13.7. The molecule has 0 saturated heterocycles. The highest BCUT2D eigenvalue weighted by atomic mass is 35.5. The lowest BCUT2D eigenvalue weighted by Crippen LogP contribution is -2.13. The van der Waals surface area contributed by atoms with Gasteiger partial charge in [-0.25, -0.2) is 4.98 Å². The number of carbonyl (C=O) groups is 1. The first-order valence-corrected chi connectivity index (χ1v) is 8.34. The van der Waals surface area contributed by atoms with Crippen molar-refractivity contribution in [2.24, 2.45) is 0 Å². The Kier molecular flexibility index (Phi) is 5.31. The predicted molar refractivity (Wildman–Crippen MR) is 102 cm³/mol. The third-order valence-electron chi connectivity index (χ3n) is 3.77. The van der Waals surface area contributed by atoms with Crippen molar-refractivity contribution in [3.63, 3.8) is 0 Å². The highest BCUT2D eigenvalue weighted by Gasteiger charge is 2.09. The number of hydrogen-bond acceptors (Lipinski definition) is 3. The van der Waals surface area contributed by atoms with E-state index >= 15 is 0 Å². The van der Waals surface area contributed by atoms with Crippen molar-refractivity contribution in [1.82, 2.24) is 4.98 Å². The van der Waals surface area contributed by atoms with Gasteiger partial charge in [-0.3, -0.25) is 4.79 Å². The van der Waals surface area contributed by atoms with Crippen LogP contribution in [0.25, 0.3) is 0 Å². The van der Waals surface area contributed by atoms with Crippen LogP contribution in [0.1, 0.15) is 28.9 Å². The van der Waals surface area contributed by atoms with E-state index in [1.54, 1.807) is 42.6 Å². The molecule has 2 aromatic carbocycles. The molecule has 1 unspecified atom stereocenters. The molecule has 4 nitrogen and oxygen atoms in total. The second kappa shape index (κ2) is 7.81. The van der Waals surface area contributed by atoms with Crippen molar-refractivity contribution in [3.8, 4) is 0 Å². The van der Waals surface area contributed by atoms with Crippen molar-refractivity contribution < 1.29 is 4.79 Å². The van der Waals surface area contributed by atoms with Gasteiger partial charge in [0.25, 0.3) is 5.91 Å². The molecule has 0 bridgehead atoms. The van der Waals surface area contributed by atoms with Crippen LogP contribution in [0.15, 0.2) is 72.9 Å². The summed E-state index contributed by atoms with van der Waals surface area (Å²) in [5.74, 6) is 0.494. The second-order valence-corrected chi connectivity index (χ2v) is 6.11. The van der Waals surface area contributed by atoms with E-state index in [1.807, 2.05) is 18.2 Å². The van der Waals surface area contributed by atoms with Gasteiger partial charge in [-0.1, -0.05) is 48.0 Å². The number of aromatic nitrogens is 1. The molecule has 2 N–H and O–H groups in total. The highest BCUT2D eigenvalue weighted by Crippen LogP contribution is 2.19. The topological polar surface area (TPSA) is 54.0 Å². The Morgan fingerprint density at radius 3 is 2.52 bits per heavy atom. The van der Waals surface area contributed by atoms with E-state index in [4.69, 9.17) is 11.6 Å². The third kappa shape index (κ3) is 4.58. The number of halogens is 1. The summed E-state index contributed by atoms with van der Waals surface area (Å²) in [4.78, 5) is 16.6. The minimum absolute atomic E-state index is 0.125. The van der Waals surface area contributed by atoms with Gasteiger partial charge in [-0.15, -0.1) is 0 Å². The molecule has 3 rings (SSSR count). The van der Waals surface area contributed by atoms with Crippen LogP contribution in [0.2, 0.25) is 5.02 Å². The maximum Gasteiger partial charge on any atom is 0.257 e. The minimum atomic E-state index is -0.225. The minimum Gasteiger partial charge on any atom is -0.364 e. The Bertz CT molecular complexity index is 850. The molecule has 1 aromatic heterocycles. The quantitative estimate of drug-likeness (QED) is 0.667. The van der Waals surface area contributed by atoms with Crippen LogP contribution in [0.3, 0.4) is 0 Å². The van der Waals surface area contributed by atoms with E-state index in [2.05, 4.69) is 34.7 Å². The van der Waals surface area contributed by atoms with Gasteiger partial charge in [0.2, 0.25) is 0 Å². The molecule has 1 amide bonds. The van der Waals surface area contributed by atoms with Gasteiger partial charge < -0.3 is 10.6 Å². The van der Waals surface area contributed by atoms with Gasteiger partial charge >= 0.3 is 0 Å². The number of amides is 1. The summed E-state index contributed by atoms with van der Waals surface area (Å²) in [6, 6.07) is 20.8. The number of benzene rings is 2. The molecule has 0 saturated carbocycles. The molecule has 3 aromatic rings. The van der Waals surface area contributed by atoms with Crippen LogP contribution in [-0.4, -0.2) is 10.9 Å². The summed E-state index contributed by atoms with van der Waals surface area (Å²) in [5.41, 5.74) is 2.31. The molecule has 0 aliphatic rings. The van der Waals surface area contributed by atoms with Crippen molar-refractivity contribution >= 4 is 29.0 Å². The molecule has 1 atom stereocenters. The number of carbonyl (C=O) groups excluding carboxylic acids is 1. The van der Waals surface area contributed by atoms with Crippen molar-refractivity contribution in [2.75, 3.05) is 10.6 Å². The molecule has 1 heterocycles. The van der Waals surface area contributed by atoms with Gasteiger partial charge in [0.15, 0.2) is 0 Å². The molecule has 25 heavy (non-hydrogen) atoms. The summed E-state index contributed by atoms with van der Waals surface area (Å²) in [6.07, 6.45) is 1.56. The van der Waals surface area contributed by atoms with Crippen LogP contribution < -0.4 is 10.6 Å². The first kappa shape index (κ1) is 17.0. The SMILES string of the molecule is CC(Nc1ccc(C(=O)Nc2cccc(Cl)c2)cn1)c1ccccc1. The number of hydrogen-bond donors (Lipinski definition) is 2. The fourth-order valence-electron chi connectivity index (χ4n) is 2.43. The van der Waals surface area contributed by atoms with Gasteiger partial charge in [-0.2, -0.15) is 0 Å². The Balaban J connectivity index is 1.64. The van der Waals surface area contributed by atoms with Gasteiger partial charge in [-0.05, 0) is 42.8 Å². The summed E-state index contributed by atoms with van der Waals surface area (Å²) in [7, 11) is 0. The van der Waals surface area contributed by atoms with Gasteiger partial charge in [0.05, 0.1) is 5.56 Å². The Hall–Kier alpha value is -2.85. The molecular formula is C20H18ClN3O. The Morgan fingerprint density at radius 1 is 1.04 bits per heavy atom. The zero-order chi connectivity index (χ0) is 17.6. The monoisotopic (exact) mass is 351 g/mol. The van der Waals surface area contributed by atoms with Crippen LogP contribution in [0.5, 0.6) is 0 Å². The molecule has 0 spiro atoms. The largest absolute Gasteiger partial charge is 0.364 e. The molecule has 0 radical (unpaired) electrons. The lowest BCUT2D eigenvalue weighted by atomic mass is 10.1. The Labute approximate surface area is 151 Å². The summed E-state index contributed by atoms with van der Waals surface area (Å²) in [5, 5.41) is 6.70. The average Bonchev–Trinajstić information content (AvgIpc) is 2.63. The first-order chi connectivity index (χ1) is 12.1. The molecular weight excluding hydrogens is 334 g/mol. The van der Waals surface area contributed by atoms with E-state index in [0.717, 1.165) is 5.82 Å². The average molecular weight is 352 g/mol. The standard InChI is InChI=1S/C20H18ClN3O/c1-14(15-6-3-2-4-7-15)23-19-11-10-16(13-22-19)20(25)24-18-9-5-8-17(21)12-18/h2-14H,1H3,(H,22,23)(H,24,25). The summed E-state index contributed by atoms with van der Waals surface area (Å²) < 4.78 is 0. The molecule has 0 aliphatic carbocycles. The lowest BCUT2D eigenvalue weighted by molar-refractivity contribution is 0.102. The Morgan fingerprint density at radius 2 is 1.84 bits per heavy atom. The zero-order valence-corrected chi connectivity index (χ0v) is 14.5. The maximum atomic E-state index is 12.3. The van der Waals surface area contributed by atoms with E-state index in [1.165, 1.54) is 5.56 Å². The van der Waals surface area contributed by atoms with Gasteiger partial charge in [0, 0.05) is 22.9 Å². The number of rotatable bonds is 5. The van der Waals surface area contributed by atoms with Crippen LogP contribution in [0.4, 0.5) is 11.5 Å². The molecule has 5 heteroatoms. The highest BCUT2D eigenvalue weighted by molar-refractivity contribution is 6.30. The second-order valence-electron chi connectivity index (χ2n) is 5.67. The molecule has 0 fully saturated rings. The van der Waals surface area contributed by atoms with E-state index in [-0.39, 0.29) is 11.9 Å². The molecule has 0 aliphatic heterocycles. The number of anilines is 2. The summed E-state index contributed by atoms with van der Waals surface area (Å²) in [6.45, 7) is 2.07. The van der Waals surface area contributed by atoms with Crippen LogP contribution in [0, 0.1) is 0 Å².